The minimum atomic E-state index is -0.965. The average Bonchev–Trinajstić information content (AvgIpc) is 2.53. The van der Waals surface area contributed by atoms with Crippen LogP contribution in [0.5, 0.6) is 0 Å². The zero-order chi connectivity index (χ0) is 18.2. The summed E-state index contributed by atoms with van der Waals surface area (Å²) in [5.41, 5.74) is 0. The summed E-state index contributed by atoms with van der Waals surface area (Å²) < 4.78 is 29.8. The van der Waals surface area contributed by atoms with Crippen molar-refractivity contribution in [1.29, 1.82) is 0 Å². The second-order valence-corrected chi connectivity index (χ2v) is 6.92. The van der Waals surface area contributed by atoms with Gasteiger partial charge in [-0.05, 0) is 25.2 Å². The highest BCUT2D eigenvalue weighted by atomic mass is 19.1. The van der Waals surface area contributed by atoms with E-state index in [1.165, 1.54) is 6.42 Å². The predicted molar refractivity (Wildman–Crippen MR) is 95.1 cm³/mol. The first-order valence-electron chi connectivity index (χ1n) is 9.33. The standard InChI is InChI=1S/C19H37FO4/c1-16(2)6-5-10-22-12-14-24-15-13-23-11-9-18(20)7-8-19(21)17(3)4/h16-18H,5-15H2,1-4H3. The van der Waals surface area contributed by atoms with Crippen molar-refractivity contribution < 1.29 is 23.4 Å². The van der Waals surface area contributed by atoms with Gasteiger partial charge in [-0.3, -0.25) is 4.79 Å². The van der Waals surface area contributed by atoms with E-state index in [9.17, 15) is 9.18 Å². The molecule has 1 unspecified atom stereocenters. The molecular formula is C19H37FO4. The number of alkyl halides is 1. The zero-order valence-corrected chi connectivity index (χ0v) is 16.0. The number of hydrogen-bond acceptors (Lipinski definition) is 4. The van der Waals surface area contributed by atoms with Gasteiger partial charge in [0.15, 0.2) is 0 Å². The van der Waals surface area contributed by atoms with Crippen LogP contribution >= 0.6 is 0 Å². The van der Waals surface area contributed by atoms with Crippen LogP contribution in [0.1, 0.15) is 59.8 Å². The highest BCUT2D eigenvalue weighted by molar-refractivity contribution is 5.80. The SMILES string of the molecule is CC(C)CCCOCCOCCOCCC(F)CCC(=O)C(C)C. The van der Waals surface area contributed by atoms with Gasteiger partial charge in [0.05, 0.1) is 26.4 Å². The van der Waals surface area contributed by atoms with Crippen LogP contribution in [0.3, 0.4) is 0 Å². The maximum Gasteiger partial charge on any atom is 0.135 e. The molecule has 0 saturated carbocycles. The molecule has 0 fully saturated rings. The Morgan fingerprint density at radius 1 is 0.792 bits per heavy atom. The Bertz CT molecular complexity index is 295. The molecule has 0 aliphatic heterocycles. The lowest BCUT2D eigenvalue weighted by Crippen LogP contribution is -2.14. The summed E-state index contributed by atoms with van der Waals surface area (Å²) in [5, 5.41) is 0. The van der Waals surface area contributed by atoms with Crippen molar-refractivity contribution in [2.75, 3.05) is 39.6 Å². The van der Waals surface area contributed by atoms with Crippen LogP contribution in [0.4, 0.5) is 4.39 Å². The van der Waals surface area contributed by atoms with E-state index in [1.807, 2.05) is 13.8 Å². The van der Waals surface area contributed by atoms with Gasteiger partial charge in [-0.25, -0.2) is 4.39 Å². The maximum absolute atomic E-state index is 13.6. The number of ether oxygens (including phenoxy) is 3. The lowest BCUT2D eigenvalue weighted by atomic mass is 10.0. The largest absolute Gasteiger partial charge is 0.379 e. The van der Waals surface area contributed by atoms with E-state index < -0.39 is 6.17 Å². The van der Waals surface area contributed by atoms with Gasteiger partial charge >= 0.3 is 0 Å². The smallest absolute Gasteiger partial charge is 0.135 e. The summed E-state index contributed by atoms with van der Waals surface area (Å²) >= 11 is 0. The number of rotatable bonds is 17. The lowest BCUT2D eigenvalue weighted by Gasteiger charge is -2.10. The van der Waals surface area contributed by atoms with E-state index in [2.05, 4.69) is 13.8 Å². The first-order chi connectivity index (χ1) is 11.4. The maximum atomic E-state index is 13.6. The third-order valence-corrected chi connectivity index (χ3v) is 3.74. The van der Waals surface area contributed by atoms with Gasteiger partial charge in [-0.1, -0.05) is 27.7 Å². The van der Waals surface area contributed by atoms with E-state index in [1.54, 1.807) is 0 Å². The Kier molecular flexibility index (Phi) is 15.6. The molecule has 0 aliphatic rings. The summed E-state index contributed by atoms with van der Waals surface area (Å²) in [7, 11) is 0. The van der Waals surface area contributed by atoms with Crippen LogP contribution < -0.4 is 0 Å². The fraction of sp³-hybridized carbons (Fsp3) is 0.947. The molecule has 0 bridgehead atoms. The topological polar surface area (TPSA) is 44.8 Å². The van der Waals surface area contributed by atoms with Crippen LogP contribution in [0.15, 0.2) is 0 Å². The van der Waals surface area contributed by atoms with Crippen molar-refractivity contribution in [2.45, 2.75) is 66.0 Å². The molecule has 0 rings (SSSR count). The molecule has 0 aromatic rings. The molecular weight excluding hydrogens is 311 g/mol. The third-order valence-electron chi connectivity index (χ3n) is 3.74. The van der Waals surface area contributed by atoms with Crippen molar-refractivity contribution >= 4 is 5.78 Å². The van der Waals surface area contributed by atoms with Gasteiger partial charge in [-0.15, -0.1) is 0 Å². The Labute approximate surface area is 147 Å². The van der Waals surface area contributed by atoms with Crippen molar-refractivity contribution in [3.63, 3.8) is 0 Å². The van der Waals surface area contributed by atoms with Crippen molar-refractivity contribution in [2.24, 2.45) is 11.8 Å². The van der Waals surface area contributed by atoms with E-state index in [-0.39, 0.29) is 11.7 Å². The number of ketones is 1. The van der Waals surface area contributed by atoms with Crippen LogP contribution in [0.25, 0.3) is 0 Å². The lowest BCUT2D eigenvalue weighted by molar-refractivity contribution is -0.122. The van der Waals surface area contributed by atoms with Crippen LogP contribution in [-0.4, -0.2) is 51.6 Å². The number of Topliss-reactive ketones (excluding diaryl/α,β-unsaturated/α-hetero) is 1. The molecule has 0 spiro atoms. The first kappa shape index (κ1) is 23.5. The first-order valence-corrected chi connectivity index (χ1v) is 9.33. The minimum absolute atomic E-state index is 0.00946. The Morgan fingerprint density at radius 2 is 1.33 bits per heavy atom. The molecule has 24 heavy (non-hydrogen) atoms. The molecule has 0 heterocycles. The second kappa shape index (κ2) is 16.0. The molecule has 0 aromatic heterocycles. The van der Waals surface area contributed by atoms with Crippen LogP contribution in [0, 0.1) is 11.8 Å². The zero-order valence-electron chi connectivity index (χ0n) is 16.0. The normalized spacial score (nSPS) is 13.0. The summed E-state index contributed by atoms with van der Waals surface area (Å²) in [6, 6.07) is 0. The molecule has 0 amide bonds. The molecule has 5 heteroatoms. The van der Waals surface area contributed by atoms with Gasteiger partial charge in [0.1, 0.15) is 12.0 Å². The van der Waals surface area contributed by atoms with E-state index in [0.717, 1.165) is 18.9 Å². The molecule has 0 N–H and O–H groups in total. The molecule has 144 valence electrons. The van der Waals surface area contributed by atoms with Crippen molar-refractivity contribution in [3.05, 3.63) is 0 Å². The fourth-order valence-electron chi connectivity index (χ4n) is 2.08. The van der Waals surface area contributed by atoms with Crippen molar-refractivity contribution in [3.8, 4) is 0 Å². The molecule has 0 aliphatic carbocycles. The van der Waals surface area contributed by atoms with E-state index in [0.29, 0.717) is 52.3 Å². The Morgan fingerprint density at radius 3 is 1.88 bits per heavy atom. The molecule has 0 aromatic carbocycles. The molecule has 1 atom stereocenters. The summed E-state index contributed by atoms with van der Waals surface area (Å²) in [6.07, 6.45) is 2.27. The molecule has 4 nitrogen and oxygen atoms in total. The number of halogens is 1. The van der Waals surface area contributed by atoms with Gasteiger partial charge in [0, 0.05) is 32.0 Å². The monoisotopic (exact) mass is 348 g/mol. The molecule has 0 radical (unpaired) electrons. The van der Waals surface area contributed by atoms with Crippen molar-refractivity contribution in [1.82, 2.24) is 0 Å². The van der Waals surface area contributed by atoms with Gasteiger partial charge < -0.3 is 14.2 Å². The number of carbonyl (C=O) groups excluding carboxylic acids is 1. The van der Waals surface area contributed by atoms with E-state index in [4.69, 9.17) is 14.2 Å². The highest BCUT2D eigenvalue weighted by Gasteiger charge is 2.12. The van der Waals surface area contributed by atoms with Gasteiger partial charge in [0.2, 0.25) is 0 Å². The van der Waals surface area contributed by atoms with Crippen LogP contribution in [0.2, 0.25) is 0 Å². The highest BCUT2D eigenvalue weighted by Crippen LogP contribution is 2.10. The summed E-state index contributed by atoms with van der Waals surface area (Å²) in [4.78, 5) is 11.4. The third kappa shape index (κ3) is 16.3. The van der Waals surface area contributed by atoms with Gasteiger partial charge in [-0.2, -0.15) is 0 Å². The van der Waals surface area contributed by atoms with E-state index >= 15 is 0 Å². The Hall–Kier alpha value is -0.520. The number of hydrogen-bond donors (Lipinski definition) is 0. The minimum Gasteiger partial charge on any atom is -0.379 e. The predicted octanol–water partition coefficient (Wildman–Crippen LogP) is 4.21. The van der Waals surface area contributed by atoms with Gasteiger partial charge in [0.25, 0.3) is 0 Å². The van der Waals surface area contributed by atoms with Crippen LogP contribution in [-0.2, 0) is 19.0 Å². The number of carbonyl (C=O) groups is 1. The fourth-order valence-corrected chi connectivity index (χ4v) is 2.08. The summed E-state index contributed by atoms with van der Waals surface area (Å²) in [6.45, 7) is 11.4. The molecule has 0 saturated heterocycles. The summed E-state index contributed by atoms with van der Waals surface area (Å²) in [5.74, 6) is 0.838. The average molecular weight is 348 g/mol. The Balaban J connectivity index is 3.23. The second-order valence-electron chi connectivity index (χ2n) is 6.92. The quantitative estimate of drug-likeness (QED) is 0.369.